The monoisotopic (exact) mass is 251 g/mol. The lowest BCUT2D eigenvalue weighted by Crippen LogP contribution is -2.43. The summed E-state index contributed by atoms with van der Waals surface area (Å²) < 4.78 is 0. The molecular formula is C15H29N3. The molecular weight excluding hydrogens is 222 g/mol. The van der Waals surface area contributed by atoms with Crippen molar-refractivity contribution in [3.8, 4) is 0 Å². The summed E-state index contributed by atoms with van der Waals surface area (Å²) in [7, 11) is 2.31. The van der Waals surface area contributed by atoms with Crippen LogP contribution in [0.4, 0.5) is 0 Å². The van der Waals surface area contributed by atoms with Gasteiger partial charge < -0.3 is 4.90 Å². The predicted octanol–water partition coefficient (Wildman–Crippen LogP) is 1.35. The molecule has 0 radical (unpaired) electrons. The van der Waals surface area contributed by atoms with Crippen LogP contribution in [0.15, 0.2) is 0 Å². The molecule has 18 heavy (non-hydrogen) atoms. The molecule has 0 saturated carbocycles. The van der Waals surface area contributed by atoms with E-state index in [-0.39, 0.29) is 0 Å². The van der Waals surface area contributed by atoms with Gasteiger partial charge in [-0.2, -0.15) is 0 Å². The van der Waals surface area contributed by atoms with Gasteiger partial charge in [-0.15, -0.1) is 0 Å². The first-order valence-electron chi connectivity index (χ1n) is 7.54. The van der Waals surface area contributed by atoms with Crippen molar-refractivity contribution in [2.24, 2.45) is 10.8 Å². The zero-order valence-corrected chi connectivity index (χ0v) is 12.7. The van der Waals surface area contributed by atoms with Crippen molar-refractivity contribution in [1.82, 2.24) is 14.7 Å². The van der Waals surface area contributed by atoms with Gasteiger partial charge in [0.2, 0.25) is 0 Å². The highest BCUT2D eigenvalue weighted by Gasteiger charge is 2.66. The second-order valence-electron chi connectivity index (χ2n) is 7.73. The average Bonchev–Trinajstić information content (AvgIpc) is 2.72. The Hall–Kier alpha value is -0.120. The summed E-state index contributed by atoms with van der Waals surface area (Å²) in [4.78, 5) is 8.03. The molecule has 0 aromatic heterocycles. The third-order valence-electron chi connectivity index (χ3n) is 5.75. The lowest BCUT2D eigenvalue weighted by molar-refractivity contribution is 0.140. The number of hydrogen-bond donors (Lipinski definition) is 0. The van der Waals surface area contributed by atoms with E-state index in [1.54, 1.807) is 0 Å². The van der Waals surface area contributed by atoms with Crippen LogP contribution in [-0.4, -0.2) is 73.1 Å². The molecule has 3 rings (SSSR count). The summed E-state index contributed by atoms with van der Waals surface area (Å²) in [6.07, 6.45) is 0. The van der Waals surface area contributed by atoms with Crippen molar-refractivity contribution in [2.45, 2.75) is 39.8 Å². The highest BCUT2D eigenvalue weighted by atomic mass is 15.3. The Bertz CT molecular complexity index is 293. The maximum atomic E-state index is 2.73. The number of hydrogen-bond acceptors (Lipinski definition) is 3. The molecule has 0 unspecified atom stereocenters. The topological polar surface area (TPSA) is 9.72 Å². The van der Waals surface area contributed by atoms with Crippen LogP contribution < -0.4 is 0 Å². The van der Waals surface area contributed by atoms with Gasteiger partial charge in [0.05, 0.1) is 0 Å². The molecule has 3 aliphatic heterocycles. The Kier molecular flexibility index (Phi) is 2.82. The first-order valence-corrected chi connectivity index (χ1v) is 7.54. The number of likely N-dealkylation sites (tertiary alicyclic amines) is 3. The first-order chi connectivity index (χ1) is 8.37. The van der Waals surface area contributed by atoms with Gasteiger partial charge in [0.25, 0.3) is 0 Å². The molecule has 0 spiro atoms. The van der Waals surface area contributed by atoms with Crippen molar-refractivity contribution in [1.29, 1.82) is 0 Å². The summed E-state index contributed by atoms with van der Waals surface area (Å²) in [5.41, 5.74) is 1.10. The molecule has 0 N–H and O–H groups in total. The normalized spacial score (nSPS) is 42.2. The van der Waals surface area contributed by atoms with E-state index < -0.39 is 0 Å². The van der Waals surface area contributed by atoms with Crippen LogP contribution >= 0.6 is 0 Å². The van der Waals surface area contributed by atoms with Gasteiger partial charge in [-0.05, 0) is 34.7 Å². The van der Waals surface area contributed by atoms with Gasteiger partial charge in [-0.3, -0.25) is 9.80 Å². The predicted molar refractivity (Wildman–Crippen MR) is 75.8 cm³/mol. The van der Waals surface area contributed by atoms with Gasteiger partial charge >= 0.3 is 0 Å². The number of nitrogens with zero attached hydrogens (tertiary/aromatic N) is 3. The van der Waals surface area contributed by atoms with E-state index in [9.17, 15) is 0 Å². The number of rotatable bonds is 2. The third-order valence-corrected chi connectivity index (χ3v) is 5.75. The Balaban J connectivity index is 1.88. The fourth-order valence-corrected chi connectivity index (χ4v) is 4.79. The van der Waals surface area contributed by atoms with Crippen molar-refractivity contribution in [3.63, 3.8) is 0 Å². The van der Waals surface area contributed by atoms with Crippen molar-refractivity contribution < 1.29 is 0 Å². The van der Waals surface area contributed by atoms with Gasteiger partial charge in [0.1, 0.15) is 0 Å². The minimum absolute atomic E-state index is 0.552. The van der Waals surface area contributed by atoms with Crippen molar-refractivity contribution >= 4 is 0 Å². The first kappa shape index (κ1) is 12.9. The fraction of sp³-hybridized carbons (Fsp3) is 1.00. The fourth-order valence-electron chi connectivity index (χ4n) is 4.79. The largest absolute Gasteiger partial charge is 0.305 e. The molecule has 3 nitrogen and oxygen atoms in total. The van der Waals surface area contributed by atoms with Gasteiger partial charge in [-0.1, -0.05) is 0 Å². The Morgan fingerprint density at radius 1 is 0.667 bits per heavy atom. The minimum Gasteiger partial charge on any atom is -0.305 e. The van der Waals surface area contributed by atoms with E-state index in [1.165, 1.54) is 39.3 Å². The third kappa shape index (κ3) is 1.60. The summed E-state index contributed by atoms with van der Waals surface area (Å²) in [6, 6.07) is 1.42. The minimum atomic E-state index is 0.552. The SMILES string of the molecule is CC(C)N1CC23CN(C)CC2(C1)CN(C(C)C)C3. The summed E-state index contributed by atoms with van der Waals surface area (Å²) in [6.45, 7) is 17.3. The van der Waals surface area contributed by atoms with Crippen LogP contribution in [0.1, 0.15) is 27.7 Å². The summed E-state index contributed by atoms with van der Waals surface area (Å²) in [5, 5.41) is 0. The lowest BCUT2D eigenvalue weighted by Gasteiger charge is -2.32. The molecule has 0 aromatic carbocycles. The van der Waals surface area contributed by atoms with Crippen LogP contribution in [0.5, 0.6) is 0 Å². The smallest absolute Gasteiger partial charge is 0.0178 e. The van der Waals surface area contributed by atoms with Crippen LogP contribution in [0.2, 0.25) is 0 Å². The molecule has 0 bridgehead atoms. The Labute approximate surface area is 112 Å². The van der Waals surface area contributed by atoms with Crippen LogP contribution in [0, 0.1) is 10.8 Å². The van der Waals surface area contributed by atoms with Crippen LogP contribution in [-0.2, 0) is 0 Å². The molecule has 3 fully saturated rings. The molecule has 0 aromatic rings. The molecule has 0 aliphatic carbocycles. The van der Waals surface area contributed by atoms with Crippen LogP contribution in [0.3, 0.4) is 0 Å². The molecule has 104 valence electrons. The second kappa shape index (κ2) is 3.94. The van der Waals surface area contributed by atoms with Crippen molar-refractivity contribution in [2.75, 3.05) is 46.3 Å². The standard InChI is InChI=1S/C15H29N3/c1-12(2)17-8-14-6-16(5)7-15(14,9-17)11-18(10-14)13(3)4/h12-13H,6-11H2,1-5H3. The second-order valence-corrected chi connectivity index (χ2v) is 7.73. The van der Waals surface area contributed by atoms with E-state index in [1.807, 2.05) is 0 Å². The molecule has 3 heterocycles. The summed E-state index contributed by atoms with van der Waals surface area (Å²) >= 11 is 0. The van der Waals surface area contributed by atoms with E-state index in [4.69, 9.17) is 0 Å². The van der Waals surface area contributed by atoms with E-state index in [0.29, 0.717) is 22.9 Å². The molecule has 3 saturated heterocycles. The van der Waals surface area contributed by atoms with E-state index in [2.05, 4.69) is 49.4 Å². The Morgan fingerprint density at radius 2 is 1.00 bits per heavy atom. The summed E-state index contributed by atoms with van der Waals surface area (Å²) in [5.74, 6) is 0. The maximum absolute atomic E-state index is 2.73. The molecule has 0 atom stereocenters. The van der Waals surface area contributed by atoms with E-state index >= 15 is 0 Å². The van der Waals surface area contributed by atoms with Crippen LogP contribution in [0.25, 0.3) is 0 Å². The Morgan fingerprint density at radius 3 is 1.28 bits per heavy atom. The average molecular weight is 251 g/mol. The van der Waals surface area contributed by atoms with E-state index in [0.717, 1.165) is 0 Å². The highest BCUT2D eigenvalue weighted by molar-refractivity contribution is 5.19. The highest BCUT2D eigenvalue weighted by Crippen LogP contribution is 2.56. The quantitative estimate of drug-likeness (QED) is 0.733. The van der Waals surface area contributed by atoms with Gasteiger partial charge in [-0.25, -0.2) is 0 Å². The lowest BCUT2D eigenvalue weighted by atomic mass is 9.71. The maximum Gasteiger partial charge on any atom is 0.0178 e. The molecule has 3 aliphatic rings. The molecule has 0 amide bonds. The van der Waals surface area contributed by atoms with Gasteiger partial charge in [0.15, 0.2) is 0 Å². The zero-order chi connectivity index (χ0) is 13.1. The molecule has 3 heteroatoms. The van der Waals surface area contributed by atoms with Crippen molar-refractivity contribution in [3.05, 3.63) is 0 Å². The zero-order valence-electron chi connectivity index (χ0n) is 12.7. The van der Waals surface area contributed by atoms with Gasteiger partial charge in [0, 0.05) is 62.2 Å².